The van der Waals surface area contributed by atoms with Gasteiger partial charge >= 0.3 is 0 Å². The van der Waals surface area contributed by atoms with Crippen molar-refractivity contribution in [2.75, 3.05) is 39.4 Å². The van der Waals surface area contributed by atoms with E-state index in [0.29, 0.717) is 31.4 Å². The number of carbonyl (C=O) groups excluding carboxylic acids is 1. The number of ether oxygens (including phenoxy) is 2. The number of hydrogen-bond donors (Lipinski definition) is 1. The van der Waals surface area contributed by atoms with Crippen LogP contribution in [0.3, 0.4) is 0 Å². The Hall–Kier alpha value is -1.89. The zero-order valence-corrected chi connectivity index (χ0v) is 18.3. The number of amides is 1. The molecule has 0 aliphatic carbocycles. The molecule has 6 heteroatoms. The van der Waals surface area contributed by atoms with Gasteiger partial charge in [0.2, 0.25) is 6.29 Å². The fourth-order valence-electron chi connectivity index (χ4n) is 3.94. The molecule has 30 heavy (non-hydrogen) atoms. The molecule has 2 heterocycles. The van der Waals surface area contributed by atoms with E-state index in [4.69, 9.17) is 14.6 Å². The molecule has 0 bridgehead atoms. The predicted molar refractivity (Wildman–Crippen MR) is 116 cm³/mol. The number of carbonyl (C=O) groups is 1. The van der Waals surface area contributed by atoms with Crippen LogP contribution in [-0.4, -0.2) is 66.5 Å². The average Bonchev–Trinajstić information content (AvgIpc) is 2.77. The lowest BCUT2D eigenvalue weighted by Crippen LogP contribution is -2.49. The Balaban J connectivity index is 1.53. The first-order valence-corrected chi connectivity index (χ1v) is 11.2. The highest BCUT2D eigenvalue weighted by Gasteiger charge is 2.32. The molecule has 0 radical (unpaired) electrons. The Morgan fingerprint density at radius 3 is 2.57 bits per heavy atom. The SMILES string of the molecule is CC(C)[C@@H]1C=C(C(=O)N2CCN(Cc3ccccc3)CC2)O[C@H](OCCCCO)C1. The maximum absolute atomic E-state index is 13.1. The van der Waals surface area contributed by atoms with Gasteiger partial charge in [0, 0.05) is 45.8 Å². The van der Waals surface area contributed by atoms with E-state index in [1.54, 1.807) is 0 Å². The Kier molecular flexibility index (Phi) is 8.73. The van der Waals surface area contributed by atoms with Crippen LogP contribution < -0.4 is 0 Å². The summed E-state index contributed by atoms with van der Waals surface area (Å²) in [7, 11) is 0. The first-order chi connectivity index (χ1) is 14.6. The number of benzene rings is 1. The Morgan fingerprint density at radius 2 is 1.90 bits per heavy atom. The van der Waals surface area contributed by atoms with Gasteiger partial charge in [-0.05, 0) is 36.3 Å². The summed E-state index contributed by atoms with van der Waals surface area (Å²) in [6.45, 7) is 9.10. The summed E-state index contributed by atoms with van der Waals surface area (Å²) in [5.74, 6) is 1.09. The van der Waals surface area contributed by atoms with E-state index in [0.717, 1.165) is 38.9 Å². The van der Waals surface area contributed by atoms with Crippen molar-refractivity contribution in [2.45, 2.75) is 45.9 Å². The maximum Gasteiger partial charge on any atom is 0.288 e. The smallest absolute Gasteiger partial charge is 0.288 e. The van der Waals surface area contributed by atoms with Gasteiger partial charge in [0.05, 0.1) is 6.61 Å². The van der Waals surface area contributed by atoms with Crippen molar-refractivity contribution >= 4 is 5.91 Å². The third-order valence-corrected chi connectivity index (χ3v) is 5.92. The van der Waals surface area contributed by atoms with Crippen molar-refractivity contribution < 1.29 is 19.4 Å². The molecule has 0 spiro atoms. The Labute approximate surface area is 180 Å². The normalized spacial score (nSPS) is 22.7. The fourth-order valence-corrected chi connectivity index (χ4v) is 3.94. The molecular weight excluding hydrogens is 380 g/mol. The summed E-state index contributed by atoms with van der Waals surface area (Å²) >= 11 is 0. The van der Waals surface area contributed by atoms with Crippen LogP contribution in [0.25, 0.3) is 0 Å². The van der Waals surface area contributed by atoms with Gasteiger partial charge in [0.1, 0.15) is 0 Å². The van der Waals surface area contributed by atoms with Crippen LogP contribution in [-0.2, 0) is 20.8 Å². The van der Waals surface area contributed by atoms with E-state index < -0.39 is 0 Å². The van der Waals surface area contributed by atoms with Gasteiger partial charge in [-0.15, -0.1) is 0 Å². The van der Waals surface area contributed by atoms with Crippen LogP contribution in [0, 0.1) is 11.8 Å². The van der Waals surface area contributed by atoms with Crippen molar-refractivity contribution in [3.8, 4) is 0 Å². The van der Waals surface area contributed by atoms with Crippen molar-refractivity contribution in [1.82, 2.24) is 9.80 Å². The van der Waals surface area contributed by atoms with Crippen molar-refractivity contribution in [3.63, 3.8) is 0 Å². The third kappa shape index (κ3) is 6.56. The van der Waals surface area contributed by atoms with Gasteiger partial charge < -0.3 is 19.5 Å². The highest BCUT2D eigenvalue weighted by atomic mass is 16.7. The van der Waals surface area contributed by atoms with Crippen LogP contribution in [0.2, 0.25) is 0 Å². The number of hydrogen-bond acceptors (Lipinski definition) is 5. The molecule has 0 aromatic heterocycles. The number of piperazine rings is 1. The first-order valence-electron chi connectivity index (χ1n) is 11.2. The molecule has 2 aliphatic heterocycles. The summed E-state index contributed by atoms with van der Waals surface area (Å²) in [6.07, 6.45) is 3.88. The zero-order valence-electron chi connectivity index (χ0n) is 18.3. The lowest BCUT2D eigenvalue weighted by molar-refractivity contribution is -0.157. The standard InChI is InChI=1S/C24H36N2O4/c1-19(2)21-16-22(30-23(17-21)29-15-7-6-14-27)24(28)26-12-10-25(11-13-26)18-20-8-4-3-5-9-20/h3-5,8-9,16,19,21,23,27H,6-7,10-15,17-18H2,1-2H3/t21-,23+/m1/s1. The lowest BCUT2D eigenvalue weighted by atomic mass is 9.90. The van der Waals surface area contributed by atoms with Gasteiger partial charge in [-0.2, -0.15) is 0 Å². The van der Waals surface area contributed by atoms with Crippen molar-refractivity contribution in [2.24, 2.45) is 11.8 Å². The van der Waals surface area contributed by atoms with Crippen LogP contribution in [0.4, 0.5) is 0 Å². The number of aliphatic hydroxyl groups excluding tert-OH is 1. The largest absolute Gasteiger partial charge is 0.459 e. The summed E-state index contributed by atoms with van der Waals surface area (Å²) < 4.78 is 11.8. The van der Waals surface area contributed by atoms with Gasteiger partial charge in [0.25, 0.3) is 5.91 Å². The third-order valence-electron chi connectivity index (χ3n) is 5.92. The van der Waals surface area contributed by atoms with E-state index in [1.165, 1.54) is 5.56 Å². The molecule has 1 amide bonds. The van der Waals surface area contributed by atoms with E-state index in [9.17, 15) is 4.79 Å². The quantitative estimate of drug-likeness (QED) is 0.627. The summed E-state index contributed by atoms with van der Waals surface area (Å²) in [4.78, 5) is 17.4. The molecule has 1 aromatic rings. The number of aliphatic hydroxyl groups is 1. The Morgan fingerprint density at radius 1 is 1.17 bits per heavy atom. The molecular formula is C24H36N2O4. The highest BCUT2D eigenvalue weighted by Crippen LogP contribution is 2.29. The number of rotatable bonds is 9. The van der Waals surface area contributed by atoms with Gasteiger partial charge in [-0.3, -0.25) is 9.69 Å². The van der Waals surface area contributed by atoms with E-state index in [1.807, 2.05) is 17.0 Å². The minimum atomic E-state index is -0.389. The van der Waals surface area contributed by atoms with Crippen LogP contribution in [0.1, 0.15) is 38.7 Å². The second kappa shape index (κ2) is 11.5. The zero-order chi connectivity index (χ0) is 21.3. The van der Waals surface area contributed by atoms with Crippen LogP contribution in [0.15, 0.2) is 42.2 Å². The highest BCUT2D eigenvalue weighted by molar-refractivity contribution is 5.91. The number of allylic oxidation sites excluding steroid dienone is 1. The molecule has 6 nitrogen and oxygen atoms in total. The second-order valence-corrected chi connectivity index (χ2v) is 8.58. The molecule has 2 aliphatic rings. The topological polar surface area (TPSA) is 62.2 Å². The van der Waals surface area contributed by atoms with E-state index in [-0.39, 0.29) is 24.7 Å². The average molecular weight is 417 g/mol. The van der Waals surface area contributed by atoms with Gasteiger partial charge in [-0.25, -0.2) is 0 Å². The van der Waals surface area contributed by atoms with Crippen molar-refractivity contribution in [3.05, 3.63) is 47.7 Å². The van der Waals surface area contributed by atoms with Crippen molar-refractivity contribution in [1.29, 1.82) is 0 Å². The van der Waals surface area contributed by atoms with Gasteiger partial charge in [0.15, 0.2) is 5.76 Å². The Bertz CT molecular complexity index is 684. The molecule has 1 N–H and O–H groups in total. The summed E-state index contributed by atoms with van der Waals surface area (Å²) in [5.41, 5.74) is 1.30. The lowest BCUT2D eigenvalue weighted by Gasteiger charge is -2.37. The molecule has 166 valence electrons. The number of nitrogens with zero attached hydrogens (tertiary/aromatic N) is 2. The maximum atomic E-state index is 13.1. The molecule has 0 saturated carbocycles. The predicted octanol–water partition coefficient (Wildman–Crippen LogP) is 3.02. The van der Waals surface area contributed by atoms with Crippen LogP contribution >= 0.6 is 0 Å². The monoisotopic (exact) mass is 416 g/mol. The van der Waals surface area contributed by atoms with Crippen LogP contribution in [0.5, 0.6) is 0 Å². The second-order valence-electron chi connectivity index (χ2n) is 8.58. The molecule has 1 saturated heterocycles. The summed E-state index contributed by atoms with van der Waals surface area (Å²) in [6, 6.07) is 10.5. The molecule has 1 fully saturated rings. The van der Waals surface area contributed by atoms with E-state index >= 15 is 0 Å². The number of unbranched alkanes of at least 4 members (excludes halogenated alkanes) is 1. The first kappa shape index (κ1) is 22.8. The minimum absolute atomic E-state index is 0.0244. The fraction of sp³-hybridized carbons (Fsp3) is 0.625. The van der Waals surface area contributed by atoms with Gasteiger partial charge in [-0.1, -0.05) is 44.2 Å². The molecule has 3 rings (SSSR count). The summed E-state index contributed by atoms with van der Waals surface area (Å²) in [5, 5.41) is 8.93. The molecule has 1 aromatic carbocycles. The molecule has 0 unspecified atom stereocenters. The molecule has 2 atom stereocenters. The van der Waals surface area contributed by atoms with E-state index in [2.05, 4.69) is 43.0 Å². The minimum Gasteiger partial charge on any atom is -0.459 e.